The number of hydrogen-bond acceptors (Lipinski definition) is 6. The second-order valence-corrected chi connectivity index (χ2v) is 13.6. The van der Waals surface area contributed by atoms with Crippen LogP contribution < -0.4 is 4.74 Å². The molecule has 266 valence electrons. The third kappa shape index (κ3) is 5.51. The van der Waals surface area contributed by atoms with Crippen LogP contribution in [0.4, 0.5) is 0 Å². The van der Waals surface area contributed by atoms with Gasteiger partial charge in [-0.25, -0.2) is 0 Å². The zero-order valence-electron chi connectivity index (χ0n) is 29.7. The summed E-state index contributed by atoms with van der Waals surface area (Å²) >= 11 is 0. The maximum Gasteiger partial charge on any atom is 0.205 e. The Morgan fingerprint density at radius 1 is 0.345 bits per heavy atom. The minimum Gasteiger partial charge on any atom is -0.507 e. The molecule has 55 heavy (non-hydrogen) atoms. The van der Waals surface area contributed by atoms with Crippen LogP contribution in [0.15, 0.2) is 158 Å². The average Bonchev–Trinajstić information content (AvgIpc) is 3.22. The molecule has 9 rings (SSSR count). The second kappa shape index (κ2) is 13.2. The molecule has 0 aromatic heterocycles. The van der Waals surface area contributed by atoms with Crippen LogP contribution in [0.5, 0.6) is 40.2 Å². The molecule has 0 heterocycles. The van der Waals surface area contributed by atoms with Gasteiger partial charge in [0.15, 0.2) is 11.5 Å². The fourth-order valence-electron chi connectivity index (χ4n) is 7.83. The summed E-state index contributed by atoms with van der Waals surface area (Å²) < 4.78 is 6.39. The van der Waals surface area contributed by atoms with Gasteiger partial charge in [0.25, 0.3) is 0 Å². The Hall–Kier alpha value is -7.44. The lowest BCUT2D eigenvalue weighted by atomic mass is 9.85. The number of hydrogen-bond donors (Lipinski definition) is 5. The number of aromatic hydroxyl groups is 5. The van der Waals surface area contributed by atoms with Crippen molar-refractivity contribution < 1.29 is 30.3 Å². The summed E-state index contributed by atoms with van der Waals surface area (Å²) in [6, 6.07) is 51.9. The second-order valence-electron chi connectivity index (χ2n) is 13.6. The molecule has 5 N–H and O–H groups in total. The largest absolute Gasteiger partial charge is 0.507 e. The Bertz CT molecular complexity index is 2900. The van der Waals surface area contributed by atoms with Crippen molar-refractivity contribution in [2.45, 2.75) is 6.92 Å². The molecule has 0 atom stereocenters. The van der Waals surface area contributed by atoms with Crippen LogP contribution in [-0.4, -0.2) is 25.5 Å². The predicted molar refractivity (Wildman–Crippen MR) is 220 cm³/mol. The van der Waals surface area contributed by atoms with Crippen molar-refractivity contribution in [3.05, 3.63) is 163 Å². The fourth-order valence-corrected chi connectivity index (χ4v) is 7.83. The van der Waals surface area contributed by atoms with E-state index in [9.17, 15) is 25.5 Å². The van der Waals surface area contributed by atoms with Crippen LogP contribution in [0, 0.1) is 6.92 Å². The molecule has 0 amide bonds. The van der Waals surface area contributed by atoms with E-state index in [1.807, 2.05) is 31.2 Å². The highest BCUT2D eigenvalue weighted by Gasteiger charge is 2.27. The third-order valence-electron chi connectivity index (χ3n) is 10.4. The molecule has 0 bridgehead atoms. The Morgan fingerprint density at radius 3 is 1.38 bits per heavy atom. The topological polar surface area (TPSA) is 110 Å². The van der Waals surface area contributed by atoms with E-state index >= 15 is 0 Å². The molecule has 0 fully saturated rings. The van der Waals surface area contributed by atoms with Crippen LogP contribution in [-0.2, 0) is 0 Å². The van der Waals surface area contributed by atoms with Crippen molar-refractivity contribution >= 4 is 32.3 Å². The highest BCUT2D eigenvalue weighted by molar-refractivity contribution is 6.21. The molecule has 0 spiro atoms. The van der Waals surface area contributed by atoms with Gasteiger partial charge in [-0.1, -0.05) is 133 Å². The zero-order chi connectivity index (χ0) is 37.8. The number of phenolic OH excluding ortho intramolecular Hbond substituents is 5. The van der Waals surface area contributed by atoms with Crippen molar-refractivity contribution in [2.75, 3.05) is 0 Å². The van der Waals surface area contributed by atoms with Crippen LogP contribution in [0.3, 0.4) is 0 Å². The summed E-state index contributed by atoms with van der Waals surface area (Å²) in [6.45, 7) is 1.91. The number of fused-ring (bicyclic) bond motifs is 3. The van der Waals surface area contributed by atoms with Gasteiger partial charge in [-0.15, -0.1) is 0 Å². The maximum atomic E-state index is 11.3. The fraction of sp³-hybridized carbons (Fsp3) is 0.0204. The van der Waals surface area contributed by atoms with Crippen LogP contribution in [0.25, 0.3) is 76.8 Å². The zero-order valence-corrected chi connectivity index (χ0v) is 29.7. The SMILES string of the molecule is Cc1cc(-c2c3ccccc3c(-c3cccc(-c4ccccc4)c3)c3ccccc23)ccc1Oc1cc(O)c(-c2ccccc2)c2c(O)c(O)c(O)c(O)c12. The quantitative estimate of drug-likeness (QED) is 0.0665. The Labute approximate surface area is 316 Å². The van der Waals surface area contributed by atoms with Gasteiger partial charge >= 0.3 is 0 Å². The lowest BCUT2D eigenvalue weighted by Crippen LogP contribution is -1.94. The summed E-state index contributed by atoms with van der Waals surface area (Å²) in [5, 5.41) is 58.9. The number of rotatable bonds is 6. The summed E-state index contributed by atoms with van der Waals surface area (Å²) in [6.07, 6.45) is 0. The van der Waals surface area contributed by atoms with Crippen molar-refractivity contribution in [2.24, 2.45) is 0 Å². The first-order valence-corrected chi connectivity index (χ1v) is 17.9. The molecule has 0 saturated heterocycles. The standard InChI is InChI=1S/C49H34O6/c1-28-25-33(23-24-39(28)55-40-27-38(50)43(30-15-6-3-7-16-30)45-44(40)46(51)48(53)49(54)47(45)52)42-36-21-10-8-19-34(36)41(35-20-9-11-22-37(35)42)32-18-12-17-31(26-32)29-13-4-2-5-14-29/h2-27,50-54H,1H3. The highest BCUT2D eigenvalue weighted by Crippen LogP contribution is 2.57. The predicted octanol–water partition coefficient (Wildman–Crippen LogP) is 12.4. The summed E-state index contributed by atoms with van der Waals surface area (Å²) in [5.41, 5.74) is 8.07. The first-order valence-electron chi connectivity index (χ1n) is 17.9. The van der Waals surface area contributed by atoms with Gasteiger partial charge in [0.2, 0.25) is 11.5 Å². The molecule has 0 unspecified atom stereocenters. The van der Waals surface area contributed by atoms with Crippen LogP contribution >= 0.6 is 0 Å². The van der Waals surface area contributed by atoms with E-state index in [0.717, 1.165) is 60.5 Å². The molecule has 6 heteroatoms. The molecule has 0 radical (unpaired) electrons. The molecule has 0 aliphatic heterocycles. The molecule has 0 aliphatic rings. The van der Waals surface area contributed by atoms with E-state index < -0.39 is 23.0 Å². The average molecular weight is 719 g/mol. The normalized spacial score (nSPS) is 11.4. The summed E-state index contributed by atoms with van der Waals surface area (Å²) in [5.74, 6) is -3.06. The molecule has 9 aromatic carbocycles. The molecule has 0 aliphatic carbocycles. The minimum absolute atomic E-state index is 0.0240. The van der Waals surface area contributed by atoms with E-state index in [0.29, 0.717) is 11.3 Å². The lowest BCUT2D eigenvalue weighted by molar-refractivity contribution is 0.350. The molecule has 9 aromatic rings. The van der Waals surface area contributed by atoms with Crippen molar-refractivity contribution in [3.63, 3.8) is 0 Å². The van der Waals surface area contributed by atoms with E-state index in [1.54, 1.807) is 30.3 Å². The highest BCUT2D eigenvalue weighted by atomic mass is 16.5. The van der Waals surface area contributed by atoms with Gasteiger partial charge in [0.05, 0.1) is 5.39 Å². The van der Waals surface area contributed by atoms with Gasteiger partial charge in [0.1, 0.15) is 17.2 Å². The third-order valence-corrected chi connectivity index (χ3v) is 10.4. The smallest absolute Gasteiger partial charge is 0.205 e. The number of ether oxygens (including phenoxy) is 1. The lowest BCUT2D eigenvalue weighted by Gasteiger charge is -2.20. The van der Waals surface area contributed by atoms with Gasteiger partial charge in [-0.05, 0) is 91.2 Å². The number of phenols is 5. The van der Waals surface area contributed by atoms with Crippen LogP contribution in [0.1, 0.15) is 5.56 Å². The molecule has 0 saturated carbocycles. The minimum atomic E-state index is -0.909. The van der Waals surface area contributed by atoms with Gasteiger partial charge in [-0.3, -0.25) is 0 Å². The Kier molecular flexibility index (Phi) is 8.02. The van der Waals surface area contributed by atoms with Gasteiger partial charge in [0, 0.05) is 17.0 Å². The number of aryl methyl sites for hydroxylation is 1. The van der Waals surface area contributed by atoms with Crippen molar-refractivity contribution in [1.29, 1.82) is 0 Å². The van der Waals surface area contributed by atoms with E-state index in [1.165, 1.54) is 6.07 Å². The van der Waals surface area contributed by atoms with Gasteiger partial charge < -0.3 is 30.3 Å². The maximum absolute atomic E-state index is 11.3. The number of benzene rings is 9. The molecule has 6 nitrogen and oxygen atoms in total. The molecular formula is C49H34O6. The summed E-state index contributed by atoms with van der Waals surface area (Å²) in [4.78, 5) is 0. The first kappa shape index (κ1) is 33.4. The first-order chi connectivity index (χ1) is 26.8. The van der Waals surface area contributed by atoms with E-state index in [-0.39, 0.29) is 27.8 Å². The van der Waals surface area contributed by atoms with Crippen LogP contribution in [0.2, 0.25) is 0 Å². The van der Waals surface area contributed by atoms with E-state index in [2.05, 4.69) is 97.1 Å². The Balaban J connectivity index is 1.19. The molecular weight excluding hydrogens is 685 g/mol. The monoisotopic (exact) mass is 718 g/mol. The van der Waals surface area contributed by atoms with E-state index in [4.69, 9.17) is 4.74 Å². The van der Waals surface area contributed by atoms with Crippen molar-refractivity contribution in [3.8, 4) is 84.8 Å². The summed E-state index contributed by atoms with van der Waals surface area (Å²) in [7, 11) is 0. The van der Waals surface area contributed by atoms with Crippen molar-refractivity contribution in [1.82, 2.24) is 0 Å². The Morgan fingerprint density at radius 2 is 0.818 bits per heavy atom. The van der Waals surface area contributed by atoms with Gasteiger partial charge in [-0.2, -0.15) is 0 Å².